The topological polar surface area (TPSA) is 71.1 Å². The molecule has 0 heterocycles. The van der Waals surface area contributed by atoms with E-state index in [1.807, 2.05) is 27.7 Å². The van der Waals surface area contributed by atoms with E-state index in [-0.39, 0.29) is 26.4 Å². The standard InChI is InChI=1S/C20H40Cl4O6P2/c1-7-16(21)11-27-31(25,28-12-17(22)8-2)20(15(5)6)32(26,29-13-18(23)9-3)30-14-19(24)10-4/h15-20H,7-14H2,1-6H3. The van der Waals surface area contributed by atoms with Gasteiger partial charge in [0.25, 0.3) is 0 Å². The largest absolute Gasteiger partial charge is 0.346 e. The van der Waals surface area contributed by atoms with Crippen LogP contribution in [-0.2, 0) is 27.2 Å². The molecule has 0 radical (unpaired) electrons. The highest BCUT2D eigenvalue weighted by molar-refractivity contribution is 7.72. The average Bonchev–Trinajstić information content (AvgIpc) is 2.77. The molecule has 32 heavy (non-hydrogen) atoms. The summed E-state index contributed by atoms with van der Waals surface area (Å²) in [6, 6.07) is 0. The van der Waals surface area contributed by atoms with Crippen molar-refractivity contribution in [1.82, 2.24) is 0 Å². The van der Waals surface area contributed by atoms with Gasteiger partial charge in [-0.2, -0.15) is 0 Å². The minimum atomic E-state index is -4.05. The van der Waals surface area contributed by atoms with Gasteiger partial charge in [0.05, 0.1) is 47.9 Å². The minimum Gasteiger partial charge on any atom is -0.306 e. The van der Waals surface area contributed by atoms with E-state index in [4.69, 9.17) is 64.5 Å². The van der Waals surface area contributed by atoms with Crippen LogP contribution in [0, 0.1) is 5.92 Å². The van der Waals surface area contributed by atoms with E-state index in [0.29, 0.717) is 25.7 Å². The third-order valence-electron chi connectivity index (χ3n) is 4.76. The predicted molar refractivity (Wildman–Crippen MR) is 137 cm³/mol. The summed E-state index contributed by atoms with van der Waals surface area (Å²) in [6.45, 7) is 10.9. The Kier molecular flexibility index (Phi) is 17.8. The second-order valence-corrected chi connectivity index (χ2v) is 15.1. The highest BCUT2D eigenvalue weighted by Gasteiger charge is 2.53. The first-order valence-electron chi connectivity index (χ1n) is 11.2. The number of halogens is 4. The summed E-state index contributed by atoms with van der Waals surface area (Å²) in [6.07, 6.45) is 2.39. The number of hydrogen-bond acceptors (Lipinski definition) is 6. The molecule has 0 spiro atoms. The van der Waals surface area contributed by atoms with Gasteiger partial charge < -0.3 is 18.1 Å². The fourth-order valence-corrected chi connectivity index (χ4v) is 9.05. The Hall–Kier alpha value is 1.46. The monoisotopic (exact) mass is 578 g/mol. The van der Waals surface area contributed by atoms with Crippen LogP contribution in [0.15, 0.2) is 0 Å². The van der Waals surface area contributed by atoms with Gasteiger partial charge in [-0.15, -0.1) is 46.4 Å². The molecule has 0 rings (SSSR count). The third kappa shape index (κ3) is 11.9. The van der Waals surface area contributed by atoms with Gasteiger partial charge in [-0.05, 0) is 31.6 Å². The Morgan fingerprint density at radius 1 is 0.562 bits per heavy atom. The fraction of sp³-hybridized carbons (Fsp3) is 1.00. The molecule has 0 saturated carbocycles. The first kappa shape index (κ1) is 33.5. The first-order chi connectivity index (χ1) is 14.9. The van der Waals surface area contributed by atoms with Crippen molar-refractivity contribution in [1.29, 1.82) is 0 Å². The van der Waals surface area contributed by atoms with Gasteiger partial charge in [0.15, 0.2) is 5.40 Å². The second-order valence-electron chi connectivity index (χ2n) is 7.94. The summed E-state index contributed by atoms with van der Waals surface area (Å²) in [4.78, 5) is 0. The van der Waals surface area contributed by atoms with Crippen molar-refractivity contribution in [3.05, 3.63) is 0 Å². The SMILES string of the molecule is CCC(Cl)COP(=O)(OCC(Cl)CC)C(C(C)C)P(=O)(OCC(Cl)CC)OCC(Cl)CC. The molecule has 0 amide bonds. The van der Waals surface area contributed by atoms with Crippen LogP contribution in [0.1, 0.15) is 67.2 Å². The van der Waals surface area contributed by atoms with Gasteiger partial charge in [0, 0.05) is 0 Å². The van der Waals surface area contributed by atoms with Crippen LogP contribution in [0.4, 0.5) is 0 Å². The van der Waals surface area contributed by atoms with E-state index < -0.39 is 48.0 Å². The zero-order chi connectivity index (χ0) is 24.9. The summed E-state index contributed by atoms with van der Waals surface area (Å²) in [5.74, 6) is -0.441. The molecule has 4 unspecified atom stereocenters. The highest BCUT2D eigenvalue weighted by atomic mass is 35.5. The number of rotatable bonds is 19. The van der Waals surface area contributed by atoms with Crippen molar-refractivity contribution in [3.8, 4) is 0 Å². The normalized spacial score (nSPS) is 20.8. The summed E-state index contributed by atoms with van der Waals surface area (Å²) < 4.78 is 51.3. The zero-order valence-corrected chi connectivity index (χ0v) is 24.8. The summed E-state index contributed by atoms with van der Waals surface area (Å²) >= 11 is 24.8. The molecule has 0 aromatic carbocycles. The molecule has 4 atom stereocenters. The van der Waals surface area contributed by atoms with Crippen molar-refractivity contribution in [2.24, 2.45) is 5.92 Å². The Morgan fingerprint density at radius 3 is 0.938 bits per heavy atom. The zero-order valence-electron chi connectivity index (χ0n) is 20.0. The van der Waals surface area contributed by atoms with Crippen LogP contribution < -0.4 is 0 Å². The molecule has 0 aromatic rings. The quantitative estimate of drug-likeness (QED) is 0.113. The summed E-state index contributed by atoms with van der Waals surface area (Å²) in [5, 5.41) is -2.76. The molecule has 12 heteroatoms. The Balaban J connectivity index is 6.17. The average molecular weight is 580 g/mol. The van der Waals surface area contributed by atoms with Crippen molar-refractivity contribution in [3.63, 3.8) is 0 Å². The Labute approximate surface area is 214 Å². The van der Waals surface area contributed by atoms with E-state index in [1.54, 1.807) is 13.8 Å². The maximum absolute atomic E-state index is 14.1. The molecule has 0 fully saturated rings. The Morgan fingerprint density at radius 2 is 0.781 bits per heavy atom. The maximum Gasteiger partial charge on any atom is 0.346 e. The smallest absolute Gasteiger partial charge is 0.306 e. The van der Waals surface area contributed by atoms with Crippen LogP contribution in [-0.4, -0.2) is 53.3 Å². The van der Waals surface area contributed by atoms with Gasteiger partial charge in [0.2, 0.25) is 0 Å². The van der Waals surface area contributed by atoms with E-state index >= 15 is 0 Å². The second kappa shape index (κ2) is 17.0. The van der Waals surface area contributed by atoms with Crippen LogP contribution in [0.3, 0.4) is 0 Å². The third-order valence-corrected chi connectivity index (χ3v) is 12.7. The molecule has 0 saturated heterocycles. The molecule has 0 aromatic heterocycles. The number of alkyl halides is 4. The molecule has 0 bridgehead atoms. The molecule has 194 valence electrons. The van der Waals surface area contributed by atoms with Gasteiger partial charge >= 0.3 is 15.2 Å². The summed E-state index contributed by atoms with van der Waals surface area (Å²) in [7, 11) is -8.09. The van der Waals surface area contributed by atoms with E-state index in [0.717, 1.165) is 0 Å². The van der Waals surface area contributed by atoms with Crippen LogP contribution >= 0.6 is 61.6 Å². The molecule has 0 aliphatic heterocycles. The lowest BCUT2D eigenvalue weighted by molar-refractivity contribution is 0.173. The van der Waals surface area contributed by atoms with Gasteiger partial charge in [0.1, 0.15) is 0 Å². The lowest BCUT2D eigenvalue weighted by Crippen LogP contribution is -2.27. The van der Waals surface area contributed by atoms with Gasteiger partial charge in [-0.1, -0.05) is 41.5 Å². The molecule has 6 nitrogen and oxygen atoms in total. The maximum atomic E-state index is 14.1. The Bertz CT molecular complexity index is 516. The highest BCUT2D eigenvalue weighted by Crippen LogP contribution is 2.72. The molecular weight excluding hydrogens is 540 g/mol. The van der Waals surface area contributed by atoms with Crippen molar-refractivity contribution < 1.29 is 27.2 Å². The minimum absolute atomic E-state index is 0.0438. The lowest BCUT2D eigenvalue weighted by Gasteiger charge is -2.35. The molecule has 0 N–H and O–H groups in total. The van der Waals surface area contributed by atoms with Crippen LogP contribution in [0.5, 0.6) is 0 Å². The van der Waals surface area contributed by atoms with Crippen LogP contribution in [0.25, 0.3) is 0 Å². The molecular formula is C20H40Cl4O6P2. The lowest BCUT2D eigenvalue weighted by atomic mass is 10.3. The first-order valence-corrected chi connectivity index (χ1v) is 16.2. The van der Waals surface area contributed by atoms with Gasteiger partial charge in [-0.25, -0.2) is 0 Å². The predicted octanol–water partition coefficient (Wildman–Crippen LogP) is 8.49. The van der Waals surface area contributed by atoms with E-state index in [9.17, 15) is 9.13 Å². The van der Waals surface area contributed by atoms with Crippen LogP contribution in [0.2, 0.25) is 0 Å². The number of hydrogen-bond donors (Lipinski definition) is 0. The molecule has 0 aliphatic carbocycles. The van der Waals surface area contributed by atoms with E-state index in [1.165, 1.54) is 0 Å². The summed E-state index contributed by atoms with van der Waals surface area (Å²) in [5.41, 5.74) is 0. The molecule has 0 aliphatic rings. The van der Waals surface area contributed by atoms with E-state index in [2.05, 4.69) is 0 Å². The van der Waals surface area contributed by atoms with Crippen molar-refractivity contribution >= 4 is 61.6 Å². The van der Waals surface area contributed by atoms with Gasteiger partial charge in [-0.3, -0.25) is 9.13 Å². The van der Waals surface area contributed by atoms with Crippen molar-refractivity contribution in [2.75, 3.05) is 26.4 Å². The van der Waals surface area contributed by atoms with Crippen molar-refractivity contribution in [2.45, 2.75) is 94.1 Å². The fourth-order valence-electron chi connectivity index (χ4n) is 2.49.